The van der Waals surface area contributed by atoms with Crippen molar-refractivity contribution in [3.63, 3.8) is 0 Å². The fraction of sp³-hybridized carbons (Fsp3) is 0.500. The third kappa shape index (κ3) is 7.07. The Morgan fingerprint density at radius 2 is 1.79 bits per heavy atom. The van der Waals surface area contributed by atoms with Crippen molar-refractivity contribution in [3.8, 4) is 5.75 Å². The van der Waals surface area contributed by atoms with Gasteiger partial charge in [-0.05, 0) is 66.0 Å². The van der Waals surface area contributed by atoms with Gasteiger partial charge in [0.1, 0.15) is 5.75 Å². The van der Waals surface area contributed by atoms with Crippen molar-refractivity contribution in [3.05, 3.63) is 59.2 Å². The van der Waals surface area contributed by atoms with E-state index in [0.29, 0.717) is 32.4 Å². The maximum atomic E-state index is 12.2. The first-order valence-electron chi connectivity index (χ1n) is 12.6. The summed E-state index contributed by atoms with van der Waals surface area (Å²) in [4.78, 5) is 26.2. The summed E-state index contributed by atoms with van der Waals surface area (Å²) in [5.41, 5.74) is 4.42. The summed E-state index contributed by atoms with van der Waals surface area (Å²) >= 11 is 0. The predicted molar refractivity (Wildman–Crippen MR) is 135 cm³/mol. The summed E-state index contributed by atoms with van der Waals surface area (Å²) in [6, 6.07) is 14.3. The SMILES string of the molecule is CC1CC(C)CN(Cc2ccc(CNC(=O)CCCOc3ccc4c(c3)CCC(=O)N4)cc2)C1. The molecule has 182 valence electrons. The van der Waals surface area contributed by atoms with Gasteiger partial charge in [0.05, 0.1) is 6.61 Å². The zero-order chi connectivity index (χ0) is 23.9. The fourth-order valence-electron chi connectivity index (χ4n) is 5.10. The number of likely N-dealkylation sites (tertiary alicyclic amines) is 1. The molecule has 1 fully saturated rings. The Bertz CT molecular complexity index is 979. The number of hydrogen-bond donors (Lipinski definition) is 2. The quantitative estimate of drug-likeness (QED) is 0.536. The van der Waals surface area contributed by atoms with E-state index in [-0.39, 0.29) is 11.8 Å². The lowest BCUT2D eigenvalue weighted by Gasteiger charge is -2.35. The maximum absolute atomic E-state index is 12.2. The molecule has 2 atom stereocenters. The number of piperidine rings is 1. The number of amides is 2. The van der Waals surface area contributed by atoms with Crippen molar-refractivity contribution in [1.82, 2.24) is 10.2 Å². The summed E-state index contributed by atoms with van der Waals surface area (Å²) in [6.45, 7) is 9.08. The number of rotatable bonds is 9. The zero-order valence-corrected chi connectivity index (χ0v) is 20.4. The highest BCUT2D eigenvalue weighted by molar-refractivity contribution is 5.94. The molecule has 2 unspecified atom stereocenters. The molecule has 1 saturated heterocycles. The molecule has 34 heavy (non-hydrogen) atoms. The molecule has 2 aromatic carbocycles. The number of benzene rings is 2. The minimum Gasteiger partial charge on any atom is -0.494 e. The van der Waals surface area contributed by atoms with Crippen LogP contribution in [-0.4, -0.2) is 36.4 Å². The van der Waals surface area contributed by atoms with Crippen LogP contribution >= 0.6 is 0 Å². The van der Waals surface area contributed by atoms with Gasteiger partial charge in [0.25, 0.3) is 0 Å². The molecule has 0 aliphatic carbocycles. The summed E-state index contributed by atoms with van der Waals surface area (Å²) in [6.07, 6.45) is 3.67. The summed E-state index contributed by atoms with van der Waals surface area (Å²) in [5, 5.41) is 5.88. The minimum absolute atomic E-state index is 0.0390. The largest absolute Gasteiger partial charge is 0.494 e. The number of carbonyl (C=O) groups is 2. The van der Waals surface area contributed by atoms with Crippen molar-refractivity contribution in [2.24, 2.45) is 11.8 Å². The maximum Gasteiger partial charge on any atom is 0.224 e. The molecule has 0 aromatic heterocycles. The molecule has 4 rings (SSSR count). The van der Waals surface area contributed by atoms with Crippen LogP contribution in [0.4, 0.5) is 5.69 Å². The third-order valence-electron chi connectivity index (χ3n) is 6.65. The molecular formula is C28H37N3O3. The first-order valence-corrected chi connectivity index (χ1v) is 12.6. The smallest absolute Gasteiger partial charge is 0.224 e. The Morgan fingerprint density at radius 3 is 2.56 bits per heavy atom. The summed E-state index contributed by atoms with van der Waals surface area (Å²) in [5.74, 6) is 2.42. The number of fused-ring (bicyclic) bond motifs is 1. The number of ether oxygens (including phenoxy) is 1. The second kappa shape index (κ2) is 11.5. The van der Waals surface area contributed by atoms with Gasteiger partial charge in [0.2, 0.25) is 11.8 Å². The van der Waals surface area contributed by atoms with Gasteiger partial charge in [-0.1, -0.05) is 38.1 Å². The first kappa shape index (κ1) is 24.3. The number of aryl methyl sites for hydroxylation is 1. The van der Waals surface area contributed by atoms with E-state index in [1.165, 1.54) is 25.1 Å². The molecule has 0 bridgehead atoms. The van der Waals surface area contributed by atoms with Gasteiger partial charge < -0.3 is 15.4 Å². The van der Waals surface area contributed by atoms with Crippen LogP contribution in [0.1, 0.15) is 56.2 Å². The van der Waals surface area contributed by atoms with Gasteiger partial charge in [-0.25, -0.2) is 0 Å². The molecule has 2 amide bonds. The molecule has 0 radical (unpaired) electrons. The number of hydrogen-bond acceptors (Lipinski definition) is 4. The number of carbonyl (C=O) groups excluding carboxylic acids is 2. The summed E-state index contributed by atoms with van der Waals surface area (Å²) in [7, 11) is 0. The second-order valence-corrected chi connectivity index (χ2v) is 10.1. The number of anilines is 1. The van der Waals surface area contributed by atoms with E-state index < -0.39 is 0 Å². The van der Waals surface area contributed by atoms with E-state index >= 15 is 0 Å². The lowest BCUT2D eigenvalue weighted by Crippen LogP contribution is -2.38. The Labute approximate surface area is 203 Å². The van der Waals surface area contributed by atoms with Gasteiger partial charge in [-0.15, -0.1) is 0 Å². The molecule has 2 aliphatic rings. The van der Waals surface area contributed by atoms with Gasteiger partial charge in [-0.3, -0.25) is 14.5 Å². The van der Waals surface area contributed by atoms with Crippen LogP contribution in [-0.2, 0) is 29.1 Å². The Morgan fingerprint density at radius 1 is 1.06 bits per heavy atom. The fourth-order valence-corrected chi connectivity index (χ4v) is 5.10. The molecule has 2 aromatic rings. The molecule has 2 heterocycles. The Kier molecular flexibility index (Phi) is 8.22. The lowest BCUT2D eigenvalue weighted by molar-refractivity contribution is -0.121. The van der Waals surface area contributed by atoms with Gasteiger partial charge >= 0.3 is 0 Å². The monoisotopic (exact) mass is 463 g/mol. The average molecular weight is 464 g/mol. The van der Waals surface area contributed by atoms with Gasteiger partial charge in [0.15, 0.2) is 0 Å². The van der Waals surface area contributed by atoms with E-state index in [1.807, 2.05) is 18.2 Å². The minimum atomic E-state index is 0.0390. The summed E-state index contributed by atoms with van der Waals surface area (Å²) < 4.78 is 5.80. The van der Waals surface area contributed by atoms with Crippen LogP contribution in [0.5, 0.6) is 5.75 Å². The number of nitrogens with zero attached hydrogens (tertiary/aromatic N) is 1. The molecule has 0 spiro atoms. The predicted octanol–water partition coefficient (Wildman–Crippen LogP) is 4.52. The third-order valence-corrected chi connectivity index (χ3v) is 6.65. The van der Waals surface area contributed by atoms with Crippen molar-refractivity contribution in [2.45, 2.75) is 59.0 Å². The van der Waals surface area contributed by atoms with Crippen LogP contribution in [0.2, 0.25) is 0 Å². The normalized spacial score (nSPS) is 20.4. The van der Waals surface area contributed by atoms with E-state index in [9.17, 15) is 9.59 Å². The number of nitrogens with one attached hydrogen (secondary N) is 2. The second-order valence-electron chi connectivity index (χ2n) is 10.1. The van der Waals surface area contributed by atoms with Crippen molar-refractivity contribution in [2.75, 3.05) is 25.0 Å². The Hall–Kier alpha value is -2.86. The van der Waals surface area contributed by atoms with Crippen LogP contribution in [0.15, 0.2) is 42.5 Å². The highest BCUT2D eigenvalue weighted by Crippen LogP contribution is 2.27. The van der Waals surface area contributed by atoms with Gasteiger partial charge in [-0.2, -0.15) is 0 Å². The lowest BCUT2D eigenvalue weighted by atomic mass is 9.91. The molecular weight excluding hydrogens is 426 g/mol. The standard InChI is InChI=1S/C28H37N3O3/c1-20-14-21(2)18-31(17-20)19-23-7-5-22(6-8-23)16-29-27(32)4-3-13-34-25-10-11-26-24(15-25)9-12-28(33)30-26/h5-8,10-11,15,20-21H,3-4,9,12-14,16-19H2,1-2H3,(H,29,32)(H,30,33). The van der Waals surface area contributed by atoms with E-state index in [0.717, 1.165) is 47.4 Å². The Balaban J connectivity index is 1.13. The molecule has 0 saturated carbocycles. The van der Waals surface area contributed by atoms with E-state index in [2.05, 4.69) is 53.6 Å². The van der Waals surface area contributed by atoms with Crippen molar-refractivity contribution < 1.29 is 14.3 Å². The molecule has 6 nitrogen and oxygen atoms in total. The van der Waals surface area contributed by atoms with Crippen LogP contribution in [0.25, 0.3) is 0 Å². The molecule has 2 aliphatic heterocycles. The van der Waals surface area contributed by atoms with Crippen molar-refractivity contribution in [1.29, 1.82) is 0 Å². The van der Waals surface area contributed by atoms with Gasteiger partial charge in [0, 0.05) is 44.7 Å². The van der Waals surface area contributed by atoms with Crippen LogP contribution in [0.3, 0.4) is 0 Å². The molecule has 6 heteroatoms. The topological polar surface area (TPSA) is 70.7 Å². The van der Waals surface area contributed by atoms with Crippen molar-refractivity contribution >= 4 is 17.5 Å². The zero-order valence-electron chi connectivity index (χ0n) is 20.4. The average Bonchev–Trinajstić information content (AvgIpc) is 2.81. The van der Waals surface area contributed by atoms with Crippen LogP contribution in [0, 0.1) is 11.8 Å². The first-order chi connectivity index (χ1) is 16.4. The molecule has 2 N–H and O–H groups in total. The van der Waals surface area contributed by atoms with E-state index in [1.54, 1.807) is 0 Å². The highest BCUT2D eigenvalue weighted by Gasteiger charge is 2.21. The van der Waals surface area contributed by atoms with Crippen LogP contribution < -0.4 is 15.4 Å². The van der Waals surface area contributed by atoms with E-state index in [4.69, 9.17) is 4.74 Å². The highest BCUT2D eigenvalue weighted by atomic mass is 16.5.